The van der Waals surface area contributed by atoms with Crippen LogP contribution < -0.4 is 0 Å². The summed E-state index contributed by atoms with van der Waals surface area (Å²) >= 11 is 6.17. The van der Waals surface area contributed by atoms with E-state index in [4.69, 9.17) is 11.6 Å². The average Bonchev–Trinajstić information content (AvgIpc) is 2.97. The van der Waals surface area contributed by atoms with Gasteiger partial charge in [0.05, 0.1) is 12.3 Å². The van der Waals surface area contributed by atoms with E-state index in [0.29, 0.717) is 24.5 Å². The molecule has 0 bridgehead atoms. The Morgan fingerprint density at radius 1 is 1.19 bits per heavy atom. The molecule has 1 amide bonds. The lowest BCUT2D eigenvalue weighted by Crippen LogP contribution is -2.50. The molecule has 1 fully saturated rings. The first-order valence-corrected chi connectivity index (χ1v) is 9.41. The number of halogens is 1. The second kappa shape index (κ2) is 7.53. The Morgan fingerprint density at radius 2 is 1.93 bits per heavy atom. The quantitative estimate of drug-likeness (QED) is 0.681. The summed E-state index contributed by atoms with van der Waals surface area (Å²) < 4.78 is 2.23. The van der Waals surface area contributed by atoms with Crippen LogP contribution in [0.4, 0.5) is 0 Å². The number of pyridine rings is 1. The summed E-state index contributed by atoms with van der Waals surface area (Å²) in [6, 6.07) is 11.5. The average molecular weight is 381 g/mol. The zero-order valence-electron chi connectivity index (χ0n) is 15.2. The highest BCUT2D eigenvalue weighted by molar-refractivity contribution is 6.31. The molecule has 0 saturated carbocycles. The number of imidazole rings is 1. The maximum absolute atomic E-state index is 12.5. The molecule has 1 aliphatic rings. The number of carbonyl (C=O) groups excluding carboxylic acids is 1. The molecule has 2 aromatic heterocycles. The van der Waals surface area contributed by atoms with E-state index in [-0.39, 0.29) is 11.8 Å². The lowest BCUT2D eigenvalue weighted by atomic mass is 9.97. The highest BCUT2D eigenvalue weighted by atomic mass is 35.5. The fraction of sp³-hybridized carbons (Fsp3) is 0.286. The molecule has 3 heterocycles. The Kier molecular flexibility index (Phi) is 4.94. The number of benzene rings is 1. The molecule has 0 N–H and O–H groups in total. The van der Waals surface area contributed by atoms with E-state index in [1.54, 1.807) is 12.4 Å². The van der Waals surface area contributed by atoms with E-state index in [2.05, 4.69) is 21.5 Å². The molecular weight excluding hydrogens is 360 g/mol. The fourth-order valence-electron chi connectivity index (χ4n) is 3.44. The van der Waals surface area contributed by atoms with Gasteiger partial charge in [0.2, 0.25) is 5.91 Å². The fourth-order valence-corrected chi connectivity index (χ4v) is 3.65. The summed E-state index contributed by atoms with van der Waals surface area (Å²) in [5, 5.41) is 0.645. The summed E-state index contributed by atoms with van der Waals surface area (Å²) in [6.07, 6.45) is 5.86. The molecule has 0 spiro atoms. The van der Waals surface area contributed by atoms with Gasteiger partial charge in [0.1, 0.15) is 5.82 Å². The van der Waals surface area contributed by atoms with Gasteiger partial charge in [-0.15, -0.1) is 0 Å². The number of likely N-dealkylation sites (tertiary alicyclic amines) is 1. The zero-order chi connectivity index (χ0) is 18.8. The number of hydrogen-bond donors (Lipinski definition) is 0. The van der Waals surface area contributed by atoms with Crippen LogP contribution >= 0.6 is 11.6 Å². The van der Waals surface area contributed by atoms with Crippen LogP contribution in [0.25, 0.3) is 0 Å². The minimum Gasteiger partial charge on any atom is -0.341 e. The lowest BCUT2D eigenvalue weighted by Gasteiger charge is -2.39. The normalized spacial score (nSPS) is 14.2. The van der Waals surface area contributed by atoms with Crippen LogP contribution in [0.15, 0.2) is 55.0 Å². The molecule has 27 heavy (non-hydrogen) atoms. The van der Waals surface area contributed by atoms with Crippen molar-refractivity contribution >= 4 is 17.5 Å². The van der Waals surface area contributed by atoms with Crippen molar-refractivity contribution in [2.45, 2.75) is 25.8 Å². The summed E-state index contributed by atoms with van der Waals surface area (Å²) in [4.78, 5) is 23.1. The Hall–Kier alpha value is -2.66. The molecule has 4 rings (SSSR count). The third-order valence-electron chi connectivity index (χ3n) is 5.07. The smallest absolute Gasteiger partial charge is 0.227 e. The van der Waals surface area contributed by atoms with Crippen molar-refractivity contribution in [1.82, 2.24) is 19.4 Å². The van der Waals surface area contributed by atoms with Gasteiger partial charge in [-0.25, -0.2) is 4.98 Å². The van der Waals surface area contributed by atoms with Crippen molar-refractivity contribution in [1.29, 1.82) is 0 Å². The van der Waals surface area contributed by atoms with Crippen molar-refractivity contribution in [2.24, 2.45) is 0 Å². The van der Waals surface area contributed by atoms with E-state index in [0.717, 1.165) is 23.6 Å². The van der Waals surface area contributed by atoms with E-state index < -0.39 is 0 Å². The second-order valence-electron chi connectivity index (χ2n) is 6.96. The summed E-state index contributed by atoms with van der Waals surface area (Å²) in [5.41, 5.74) is 3.20. The van der Waals surface area contributed by atoms with Gasteiger partial charge in [-0.05, 0) is 36.2 Å². The first-order valence-electron chi connectivity index (χ1n) is 9.04. The van der Waals surface area contributed by atoms with Gasteiger partial charge in [-0.3, -0.25) is 9.78 Å². The minimum atomic E-state index is 0.114. The Bertz CT molecular complexity index is 948. The predicted octanol–water partition coefficient (Wildman–Crippen LogP) is 3.46. The predicted molar refractivity (Wildman–Crippen MR) is 105 cm³/mol. The van der Waals surface area contributed by atoms with Gasteiger partial charge in [-0.1, -0.05) is 29.8 Å². The van der Waals surface area contributed by atoms with Crippen LogP contribution in [-0.2, 0) is 17.8 Å². The highest BCUT2D eigenvalue weighted by Gasteiger charge is 2.34. The molecule has 1 aliphatic heterocycles. The van der Waals surface area contributed by atoms with Crippen molar-refractivity contribution in [2.75, 3.05) is 13.1 Å². The SMILES string of the molecule is Cc1cnc(C2CN(C(=O)Cc3ccccc3Cl)C2)n1Cc1ccncc1. The third-order valence-corrected chi connectivity index (χ3v) is 5.44. The maximum atomic E-state index is 12.5. The largest absolute Gasteiger partial charge is 0.341 e. The van der Waals surface area contributed by atoms with Crippen molar-refractivity contribution in [3.05, 3.63) is 82.7 Å². The number of rotatable bonds is 5. The van der Waals surface area contributed by atoms with E-state index in [9.17, 15) is 4.79 Å². The van der Waals surface area contributed by atoms with Crippen molar-refractivity contribution in [3.63, 3.8) is 0 Å². The van der Waals surface area contributed by atoms with Gasteiger partial charge in [0, 0.05) is 48.9 Å². The monoisotopic (exact) mass is 380 g/mol. The number of amides is 1. The lowest BCUT2D eigenvalue weighted by molar-refractivity contribution is -0.135. The van der Waals surface area contributed by atoms with Gasteiger partial charge in [-0.2, -0.15) is 0 Å². The Labute approximate surface area is 163 Å². The molecule has 1 saturated heterocycles. The summed E-state index contributed by atoms with van der Waals surface area (Å²) in [7, 11) is 0. The van der Waals surface area contributed by atoms with Crippen LogP contribution in [0, 0.1) is 6.92 Å². The molecule has 0 aliphatic carbocycles. The number of hydrogen-bond acceptors (Lipinski definition) is 3. The minimum absolute atomic E-state index is 0.114. The topological polar surface area (TPSA) is 51.0 Å². The molecule has 0 atom stereocenters. The van der Waals surface area contributed by atoms with Crippen LogP contribution in [-0.4, -0.2) is 38.4 Å². The molecule has 5 nitrogen and oxygen atoms in total. The van der Waals surface area contributed by atoms with Crippen LogP contribution in [0.2, 0.25) is 5.02 Å². The molecular formula is C21H21ClN4O. The van der Waals surface area contributed by atoms with Crippen LogP contribution in [0.5, 0.6) is 0 Å². The second-order valence-corrected chi connectivity index (χ2v) is 7.37. The van der Waals surface area contributed by atoms with Crippen LogP contribution in [0.3, 0.4) is 0 Å². The number of aromatic nitrogens is 3. The standard InChI is InChI=1S/C21H21ClN4O/c1-15-11-24-21(26(15)12-16-6-8-23-9-7-16)18-13-25(14-18)20(27)10-17-4-2-3-5-19(17)22/h2-9,11,18H,10,12-14H2,1H3. The van der Waals surface area contributed by atoms with Crippen molar-refractivity contribution < 1.29 is 4.79 Å². The number of carbonyl (C=O) groups is 1. The Morgan fingerprint density at radius 3 is 2.67 bits per heavy atom. The first kappa shape index (κ1) is 17.7. The summed E-state index contributed by atoms with van der Waals surface area (Å²) in [6.45, 7) is 4.25. The van der Waals surface area contributed by atoms with Crippen molar-refractivity contribution in [3.8, 4) is 0 Å². The molecule has 0 radical (unpaired) electrons. The summed E-state index contributed by atoms with van der Waals surface area (Å²) in [5.74, 6) is 1.44. The first-order chi connectivity index (χ1) is 13.1. The molecule has 1 aromatic carbocycles. The van der Waals surface area contributed by atoms with Gasteiger partial charge in [0.15, 0.2) is 0 Å². The van der Waals surface area contributed by atoms with Crippen LogP contribution in [0.1, 0.15) is 28.6 Å². The molecule has 138 valence electrons. The zero-order valence-corrected chi connectivity index (χ0v) is 15.9. The van der Waals surface area contributed by atoms with Gasteiger partial charge in [0.25, 0.3) is 0 Å². The van der Waals surface area contributed by atoms with E-state index in [1.807, 2.05) is 47.5 Å². The van der Waals surface area contributed by atoms with E-state index >= 15 is 0 Å². The third kappa shape index (κ3) is 3.74. The highest BCUT2D eigenvalue weighted by Crippen LogP contribution is 2.28. The Balaban J connectivity index is 1.41. The number of aryl methyl sites for hydroxylation is 1. The molecule has 0 unspecified atom stereocenters. The van der Waals surface area contributed by atoms with E-state index in [1.165, 1.54) is 5.56 Å². The van der Waals surface area contributed by atoms with Gasteiger partial charge < -0.3 is 9.47 Å². The number of nitrogens with zero attached hydrogens (tertiary/aromatic N) is 4. The maximum Gasteiger partial charge on any atom is 0.227 e. The molecule has 3 aromatic rings. The van der Waals surface area contributed by atoms with Gasteiger partial charge >= 0.3 is 0 Å². The molecule has 6 heteroatoms.